The number of rotatable bonds is 4. The van der Waals surface area contributed by atoms with Gasteiger partial charge in [0.1, 0.15) is 0 Å². The van der Waals surface area contributed by atoms with E-state index in [1.807, 2.05) is 0 Å². The maximum absolute atomic E-state index is 5.61. The molecule has 0 aromatic heterocycles. The molecular formula is C16H24N2O. The summed E-state index contributed by atoms with van der Waals surface area (Å²) in [6.45, 7) is 7.37. The number of benzene rings is 1. The molecule has 3 atom stereocenters. The van der Waals surface area contributed by atoms with Gasteiger partial charge in [-0.3, -0.25) is 0 Å². The Morgan fingerprint density at radius 3 is 3.05 bits per heavy atom. The Kier molecular flexibility index (Phi) is 4.16. The van der Waals surface area contributed by atoms with E-state index in [-0.39, 0.29) is 0 Å². The summed E-state index contributed by atoms with van der Waals surface area (Å²) in [5.41, 5.74) is 2.97. The van der Waals surface area contributed by atoms with Crippen LogP contribution in [0.3, 0.4) is 0 Å². The zero-order valence-electron chi connectivity index (χ0n) is 11.7. The van der Waals surface area contributed by atoms with Crippen molar-refractivity contribution in [3.05, 3.63) is 35.4 Å². The van der Waals surface area contributed by atoms with E-state index in [4.69, 9.17) is 4.74 Å². The third-order valence-electron chi connectivity index (χ3n) is 4.53. The van der Waals surface area contributed by atoms with E-state index in [0.717, 1.165) is 32.8 Å². The number of nitrogens with one attached hydrogen (secondary N) is 2. The molecule has 2 aliphatic rings. The van der Waals surface area contributed by atoms with Crippen LogP contribution in [-0.4, -0.2) is 32.3 Å². The van der Waals surface area contributed by atoms with Gasteiger partial charge in [0, 0.05) is 38.7 Å². The fourth-order valence-electron chi connectivity index (χ4n) is 3.25. The highest BCUT2D eigenvalue weighted by atomic mass is 16.5. The zero-order chi connectivity index (χ0) is 13.1. The summed E-state index contributed by atoms with van der Waals surface area (Å²) in [7, 11) is 0. The molecule has 1 saturated heterocycles. The van der Waals surface area contributed by atoms with Crippen LogP contribution in [0.15, 0.2) is 24.3 Å². The first-order valence-electron chi connectivity index (χ1n) is 7.45. The van der Waals surface area contributed by atoms with Crippen LogP contribution in [0.5, 0.6) is 0 Å². The lowest BCUT2D eigenvalue weighted by molar-refractivity contribution is 0.105. The van der Waals surface area contributed by atoms with E-state index in [0.29, 0.717) is 17.9 Å². The number of ether oxygens (including phenoxy) is 1. The van der Waals surface area contributed by atoms with Gasteiger partial charge in [-0.1, -0.05) is 24.3 Å². The predicted octanol–water partition coefficient (Wildman–Crippen LogP) is 1.89. The van der Waals surface area contributed by atoms with Crippen molar-refractivity contribution in [2.24, 2.45) is 5.92 Å². The average molecular weight is 260 g/mol. The fraction of sp³-hybridized carbons (Fsp3) is 0.625. The van der Waals surface area contributed by atoms with Crippen molar-refractivity contribution in [3.8, 4) is 0 Å². The molecular weight excluding hydrogens is 236 g/mol. The number of fused-ring (bicyclic) bond motifs is 1. The van der Waals surface area contributed by atoms with Crippen LogP contribution in [0.25, 0.3) is 0 Å². The molecule has 3 rings (SSSR count). The number of hydrogen-bond acceptors (Lipinski definition) is 3. The lowest BCUT2D eigenvalue weighted by atomic mass is 9.90. The second-order valence-corrected chi connectivity index (χ2v) is 5.81. The van der Waals surface area contributed by atoms with Crippen LogP contribution in [0.2, 0.25) is 0 Å². The molecule has 3 heteroatoms. The Morgan fingerprint density at radius 1 is 1.32 bits per heavy atom. The monoisotopic (exact) mass is 260 g/mol. The van der Waals surface area contributed by atoms with Gasteiger partial charge in [-0.25, -0.2) is 0 Å². The summed E-state index contributed by atoms with van der Waals surface area (Å²) in [6, 6.07) is 8.81. The summed E-state index contributed by atoms with van der Waals surface area (Å²) in [6.07, 6.45) is 1.62. The van der Waals surface area contributed by atoms with Crippen molar-refractivity contribution in [1.82, 2.24) is 10.6 Å². The molecule has 3 unspecified atom stereocenters. The third kappa shape index (κ3) is 2.99. The van der Waals surface area contributed by atoms with Crippen LogP contribution in [0.1, 0.15) is 30.4 Å². The molecule has 0 bridgehead atoms. The summed E-state index contributed by atoms with van der Waals surface area (Å²) in [5, 5.41) is 7.16. The Hall–Kier alpha value is -0.900. The molecule has 0 amide bonds. The summed E-state index contributed by atoms with van der Waals surface area (Å²) >= 11 is 0. The minimum absolute atomic E-state index is 0.421. The molecule has 1 aromatic carbocycles. The summed E-state index contributed by atoms with van der Waals surface area (Å²) in [5.74, 6) is 1.29. The second kappa shape index (κ2) is 6.04. The van der Waals surface area contributed by atoms with Gasteiger partial charge >= 0.3 is 0 Å². The molecule has 0 radical (unpaired) electrons. The molecule has 0 spiro atoms. The van der Waals surface area contributed by atoms with Crippen molar-refractivity contribution >= 4 is 0 Å². The maximum atomic E-state index is 5.61. The quantitative estimate of drug-likeness (QED) is 0.867. The Balaban J connectivity index is 1.53. The molecule has 2 N–H and O–H groups in total. The van der Waals surface area contributed by atoms with Crippen LogP contribution in [-0.2, 0) is 11.3 Å². The van der Waals surface area contributed by atoms with Crippen LogP contribution in [0.4, 0.5) is 0 Å². The first kappa shape index (κ1) is 13.1. The lowest BCUT2D eigenvalue weighted by Crippen LogP contribution is -2.36. The molecule has 2 heterocycles. The first-order valence-corrected chi connectivity index (χ1v) is 7.45. The summed E-state index contributed by atoms with van der Waals surface area (Å²) in [4.78, 5) is 0. The predicted molar refractivity (Wildman–Crippen MR) is 77.3 cm³/mol. The Bertz CT molecular complexity index is 421. The molecule has 3 nitrogen and oxygen atoms in total. The molecule has 1 fully saturated rings. The van der Waals surface area contributed by atoms with E-state index in [9.17, 15) is 0 Å². The van der Waals surface area contributed by atoms with Gasteiger partial charge in [0.05, 0.1) is 6.10 Å². The van der Waals surface area contributed by atoms with Gasteiger partial charge in [-0.15, -0.1) is 0 Å². The van der Waals surface area contributed by atoms with Gasteiger partial charge in [0.25, 0.3) is 0 Å². The number of hydrogen-bond donors (Lipinski definition) is 2. The van der Waals surface area contributed by atoms with E-state index in [2.05, 4.69) is 41.8 Å². The topological polar surface area (TPSA) is 33.3 Å². The Labute approximate surface area is 115 Å². The highest BCUT2D eigenvalue weighted by Crippen LogP contribution is 2.24. The van der Waals surface area contributed by atoms with Crippen molar-refractivity contribution in [2.75, 3.05) is 26.2 Å². The average Bonchev–Trinajstić information content (AvgIpc) is 2.85. The maximum Gasteiger partial charge on any atom is 0.0588 e. The zero-order valence-corrected chi connectivity index (χ0v) is 11.7. The molecule has 0 aliphatic carbocycles. The third-order valence-corrected chi connectivity index (χ3v) is 4.53. The van der Waals surface area contributed by atoms with Crippen molar-refractivity contribution < 1.29 is 4.74 Å². The normalized spacial score (nSPS) is 30.3. The van der Waals surface area contributed by atoms with Gasteiger partial charge in [0.2, 0.25) is 0 Å². The lowest BCUT2D eigenvalue weighted by Gasteiger charge is -2.27. The molecule has 2 aliphatic heterocycles. The smallest absolute Gasteiger partial charge is 0.0588 e. The minimum atomic E-state index is 0.421. The Morgan fingerprint density at radius 2 is 2.21 bits per heavy atom. The largest absolute Gasteiger partial charge is 0.378 e. The van der Waals surface area contributed by atoms with E-state index >= 15 is 0 Å². The minimum Gasteiger partial charge on any atom is -0.378 e. The van der Waals surface area contributed by atoms with Crippen molar-refractivity contribution in [2.45, 2.75) is 31.9 Å². The molecule has 19 heavy (non-hydrogen) atoms. The summed E-state index contributed by atoms with van der Waals surface area (Å²) < 4.78 is 5.61. The molecule has 104 valence electrons. The first-order chi connectivity index (χ1) is 9.34. The molecule has 1 aromatic rings. The second-order valence-electron chi connectivity index (χ2n) is 5.81. The van der Waals surface area contributed by atoms with Crippen molar-refractivity contribution in [1.29, 1.82) is 0 Å². The van der Waals surface area contributed by atoms with Crippen LogP contribution < -0.4 is 10.6 Å². The van der Waals surface area contributed by atoms with Gasteiger partial charge in [0.15, 0.2) is 0 Å². The van der Waals surface area contributed by atoms with Gasteiger partial charge in [-0.2, -0.15) is 0 Å². The van der Waals surface area contributed by atoms with Crippen LogP contribution >= 0.6 is 0 Å². The van der Waals surface area contributed by atoms with E-state index < -0.39 is 0 Å². The fourth-order valence-corrected chi connectivity index (χ4v) is 3.25. The van der Waals surface area contributed by atoms with Crippen LogP contribution in [0, 0.1) is 5.92 Å². The SMILES string of the molecule is CC1OCCC1CNCC1CNCc2ccccc21. The highest BCUT2D eigenvalue weighted by Gasteiger charge is 2.24. The van der Waals surface area contributed by atoms with Crippen molar-refractivity contribution in [3.63, 3.8) is 0 Å². The van der Waals surface area contributed by atoms with Gasteiger partial charge in [-0.05, 0) is 30.4 Å². The standard InChI is InChI=1S/C16H24N2O/c1-12-13(6-7-19-12)8-17-10-15-11-18-9-14-4-2-3-5-16(14)15/h2-5,12-13,15,17-18H,6-11H2,1H3. The van der Waals surface area contributed by atoms with E-state index in [1.54, 1.807) is 0 Å². The van der Waals surface area contributed by atoms with Gasteiger partial charge < -0.3 is 15.4 Å². The van der Waals surface area contributed by atoms with E-state index in [1.165, 1.54) is 17.5 Å². The highest BCUT2D eigenvalue weighted by molar-refractivity contribution is 5.32. The molecule has 0 saturated carbocycles.